The average Bonchev–Trinajstić information content (AvgIpc) is 2.58. The van der Waals surface area contributed by atoms with Crippen LogP contribution in [0.5, 0.6) is 5.75 Å². The maximum absolute atomic E-state index is 10.2. The Hall–Kier alpha value is -2.62. The standard InChI is InChI=1S/C20H23NO3/c21-20-15(11-13-1-6-16(22)7-2-13)5-10-19(24)18(20)12-14-3-8-17(23)9-4-14/h1,3-4,6,8-10,15,22-24H,2,5,7,11-12,21H2. The summed E-state index contributed by atoms with van der Waals surface area (Å²) in [5.41, 5.74) is 10.2. The van der Waals surface area contributed by atoms with Crippen LogP contribution in [0.1, 0.15) is 31.2 Å². The summed E-state index contributed by atoms with van der Waals surface area (Å²) in [6.45, 7) is 0. The molecule has 4 heteroatoms. The Bertz CT molecular complexity index is 739. The minimum atomic E-state index is 0.174. The first kappa shape index (κ1) is 16.2. The molecule has 5 N–H and O–H groups in total. The highest BCUT2D eigenvalue weighted by Gasteiger charge is 2.24. The Labute approximate surface area is 141 Å². The first-order valence-electron chi connectivity index (χ1n) is 8.26. The van der Waals surface area contributed by atoms with Crippen LogP contribution in [-0.2, 0) is 6.42 Å². The predicted molar refractivity (Wildman–Crippen MR) is 94.5 cm³/mol. The molecular formula is C20H23NO3. The van der Waals surface area contributed by atoms with E-state index in [1.807, 2.05) is 24.3 Å². The van der Waals surface area contributed by atoms with Crippen LogP contribution < -0.4 is 5.73 Å². The number of hydrogen-bond donors (Lipinski definition) is 4. The molecule has 0 spiro atoms. The number of phenols is 1. The van der Waals surface area contributed by atoms with Crippen LogP contribution in [0.2, 0.25) is 0 Å². The van der Waals surface area contributed by atoms with E-state index in [2.05, 4.69) is 0 Å². The van der Waals surface area contributed by atoms with Crippen LogP contribution in [0.15, 0.2) is 70.9 Å². The maximum atomic E-state index is 10.2. The van der Waals surface area contributed by atoms with Crippen LogP contribution >= 0.6 is 0 Å². The highest BCUT2D eigenvalue weighted by molar-refractivity contribution is 5.40. The molecule has 0 fully saturated rings. The molecule has 0 heterocycles. The van der Waals surface area contributed by atoms with Crippen LogP contribution in [0.25, 0.3) is 0 Å². The van der Waals surface area contributed by atoms with Gasteiger partial charge in [-0.25, -0.2) is 0 Å². The van der Waals surface area contributed by atoms with Crippen molar-refractivity contribution in [3.8, 4) is 5.75 Å². The number of benzene rings is 1. The monoisotopic (exact) mass is 325 g/mol. The molecule has 126 valence electrons. The van der Waals surface area contributed by atoms with Gasteiger partial charge in [-0.1, -0.05) is 23.8 Å². The van der Waals surface area contributed by atoms with Gasteiger partial charge in [0.2, 0.25) is 0 Å². The van der Waals surface area contributed by atoms with Gasteiger partial charge in [-0.2, -0.15) is 0 Å². The SMILES string of the molecule is NC1=C(Cc2ccc(O)cc2)C(O)=CCC1CC1=CC=C(O)CC1. The van der Waals surface area contributed by atoms with Crippen molar-refractivity contribution in [3.63, 3.8) is 0 Å². The van der Waals surface area contributed by atoms with Gasteiger partial charge in [-0.15, -0.1) is 0 Å². The molecule has 1 aromatic rings. The van der Waals surface area contributed by atoms with Crippen molar-refractivity contribution >= 4 is 0 Å². The number of allylic oxidation sites excluding steroid dienone is 7. The minimum Gasteiger partial charge on any atom is -0.512 e. The van der Waals surface area contributed by atoms with Crippen molar-refractivity contribution in [2.45, 2.75) is 32.1 Å². The lowest BCUT2D eigenvalue weighted by atomic mass is 9.83. The molecule has 0 amide bonds. The normalized spacial score (nSPS) is 21.2. The summed E-state index contributed by atoms with van der Waals surface area (Å²) in [5, 5.41) is 29.1. The van der Waals surface area contributed by atoms with Crippen molar-refractivity contribution in [2.75, 3.05) is 0 Å². The van der Waals surface area contributed by atoms with Gasteiger partial charge in [0.15, 0.2) is 0 Å². The third-order valence-electron chi connectivity index (χ3n) is 4.73. The molecule has 1 unspecified atom stereocenters. The molecule has 0 aromatic heterocycles. The number of hydrogen-bond acceptors (Lipinski definition) is 4. The van der Waals surface area contributed by atoms with E-state index < -0.39 is 0 Å². The Morgan fingerprint density at radius 2 is 1.75 bits per heavy atom. The lowest BCUT2D eigenvalue weighted by Gasteiger charge is -2.26. The van der Waals surface area contributed by atoms with Gasteiger partial charge in [0.1, 0.15) is 11.5 Å². The van der Waals surface area contributed by atoms with Crippen LogP contribution in [-0.4, -0.2) is 15.3 Å². The molecular weight excluding hydrogens is 302 g/mol. The number of phenolic OH excluding ortho intramolecular Hbond substituents is 1. The van der Waals surface area contributed by atoms with E-state index in [0.29, 0.717) is 18.6 Å². The second kappa shape index (κ2) is 6.87. The van der Waals surface area contributed by atoms with E-state index in [1.54, 1.807) is 18.2 Å². The highest BCUT2D eigenvalue weighted by Crippen LogP contribution is 2.34. The molecule has 0 aliphatic heterocycles. The molecule has 1 aromatic carbocycles. The van der Waals surface area contributed by atoms with Gasteiger partial charge in [-0.05, 0) is 49.1 Å². The summed E-state index contributed by atoms with van der Waals surface area (Å²) >= 11 is 0. The van der Waals surface area contributed by atoms with Crippen molar-refractivity contribution < 1.29 is 15.3 Å². The number of aliphatic hydroxyl groups excluding tert-OH is 2. The first-order chi connectivity index (χ1) is 11.5. The third-order valence-corrected chi connectivity index (χ3v) is 4.73. The molecule has 1 atom stereocenters. The van der Waals surface area contributed by atoms with E-state index in [0.717, 1.165) is 36.1 Å². The van der Waals surface area contributed by atoms with Crippen LogP contribution in [0.3, 0.4) is 0 Å². The molecule has 2 aliphatic rings. The lowest BCUT2D eigenvalue weighted by molar-refractivity contribution is 0.382. The topological polar surface area (TPSA) is 86.7 Å². The van der Waals surface area contributed by atoms with Gasteiger partial charge in [0, 0.05) is 30.0 Å². The Balaban J connectivity index is 1.78. The molecule has 0 saturated heterocycles. The van der Waals surface area contributed by atoms with E-state index >= 15 is 0 Å². The molecule has 0 bridgehead atoms. The Morgan fingerprint density at radius 3 is 2.42 bits per heavy atom. The zero-order valence-electron chi connectivity index (χ0n) is 13.6. The van der Waals surface area contributed by atoms with Crippen LogP contribution in [0.4, 0.5) is 0 Å². The van der Waals surface area contributed by atoms with Gasteiger partial charge in [0.25, 0.3) is 0 Å². The zero-order chi connectivity index (χ0) is 17.1. The summed E-state index contributed by atoms with van der Waals surface area (Å²) in [7, 11) is 0. The maximum Gasteiger partial charge on any atom is 0.116 e. The van der Waals surface area contributed by atoms with Crippen LogP contribution in [0, 0.1) is 5.92 Å². The quantitative estimate of drug-likeness (QED) is 0.669. The molecule has 2 aliphatic carbocycles. The minimum absolute atomic E-state index is 0.174. The van der Waals surface area contributed by atoms with Gasteiger partial charge in [0.05, 0.1) is 5.76 Å². The molecule has 0 radical (unpaired) electrons. The summed E-state index contributed by atoms with van der Waals surface area (Å²) in [5.74, 6) is 1.08. The van der Waals surface area contributed by atoms with Crippen molar-refractivity contribution in [2.24, 2.45) is 11.7 Å². The van der Waals surface area contributed by atoms with Gasteiger partial charge in [-0.3, -0.25) is 0 Å². The third kappa shape index (κ3) is 3.65. The summed E-state index contributed by atoms with van der Waals surface area (Å²) < 4.78 is 0. The highest BCUT2D eigenvalue weighted by atomic mass is 16.3. The molecule has 4 nitrogen and oxygen atoms in total. The molecule has 0 saturated carbocycles. The fourth-order valence-electron chi connectivity index (χ4n) is 3.26. The fraction of sp³-hybridized carbons (Fsp3) is 0.300. The number of rotatable bonds is 4. The average molecular weight is 325 g/mol. The van der Waals surface area contributed by atoms with Crippen molar-refractivity contribution in [3.05, 3.63) is 76.4 Å². The van der Waals surface area contributed by atoms with Crippen molar-refractivity contribution in [1.82, 2.24) is 0 Å². The van der Waals surface area contributed by atoms with E-state index in [9.17, 15) is 15.3 Å². The van der Waals surface area contributed by atoms with Crippen molar-refractivity contribution in [1.29, 1.82) is 0 Å². The number of nitrogens with two attached hydrogens (primary N) is 1. The largest absolute Gasteiger partial charge is 0.512 e. The smallest absolute Gasteiger partial charge is 0.116 e. The van der Waals surface area contributed by atoms with Gasteiger partial charge >= 0.3 is 0 Å². The summed E-state index contributed by atoms with van der Waals surface area (Å²) in [6.07, 6.45) is 9.23. The first-order valence-corrected chi connectivity index (χ1v) is 8.26. The zero-order valence-corrected chi connectivity index (χ0v) is 13.6. The predicted octanol–water partition coefficient (Wildman–Crippen LogP) is 4.16. The Kier molecular flexibility index (Phi) is 4.65. The number of aliphatic hydroxyl groups is 2. The second-order valence-corrected chi connectivity index (χ2v) is 6.49. The molecule has 24 heavy (non-hydrogen) atoms. The Morgan fingerprint density at radius 1 is 1.00 bits per heavy atom. The number of aromatic hydroxyl groups is 1. The van der Waals surface area contributed by atoms with E-state index in [-0.39, 0.29) is 17.4 Å². The van der Waals surface area contributed by atoms with E-state index in [1.165, 1.54) is 5.57 Å². The second-order valence-electron chi connectivity index (χ2n) is 6.49. The van der Waals surface area contributed by atoms with E-state index in [4.69, 9.17) is 5.73 Å². The summed E-state index contributed by atoms with van der Waals surface area (Å²) in [6, 6.07) is 6.95. The summed E-state index contributed by atoms with van der Waals surface area (Å²) in [4.78, 5) is 0. The van der Waals surface area contributed by atoms with Gasteiger partial charge < -0.3 is 21.1 Å². The lowest BCUT2D eigenvalue weighted by Crippen LogP contribution is -2.21. The molecule has 3 rings (SSSR count). The fourth-order valence-corrected chi connectivity index (χ4v) is 3.26.